The number of esters is 1. The van der Waals surface area contributed by atoms with E-state index in [4.69, 9.17) is 9.47 Å². The number of hydrogen-bond acceptors (Lipinski definition) is 4. The summed E-state index contributed by atoms with van der Waals surface area (Å²) in [4.78, 5) is 12.2. The van der Waals surface area contributed by atoms with E-state index in [1.165, 1.54) is 141 Å². The average molecular weight is 713 g/mol. The molecule has 1 atom stereocenters. The molecule has 0 saturated heterocycles. The Labute approximate surface area is 317 Å². The molecule has 0 bridgehead atoms. The number of ether oxygens (including phenoxy) is 2. The van der Waals surface area contributed by atoms with Crippen molar-refractivity contribution in [3.63, 3.8) is 0 Å². The minimum Gasteiger partial charge on any atom is -0.457 e. The van der Waals surface area contributed by atoms with Gasteiger partial charge >= 0.3 is 5.97 Å². The Kier molecular flexibility index (Phi) is 42.6. The first-order valence-corrected chi connectivity index (χ1v) is 21.9. The molecule has 4 nitrogen and oxygen atoms in total. The molecule has 0 radical (unpaired) electrons. The second kappa shape index (κ2) is 44.3. The molecule has 0 aliphatic heterocycles. The Balaban J connectivity index is 3.44. The van der Waals surface area contributed by atoms with Gasteiger partial charge in [-0.25, -0.2) is 0 Å². The number of allylic oxidation sites excluding steroid dienone is 10. The first-order chi connectivity index (χ1) is 25.2. The van der Waals surface area contributed by atoms with Gasteiger partial charge in [-0.15, -0.1) is 0 Å². The van der Waals surface area contributed by atoms with Crippen molar-refractivity contribution in [2.75, 3.05) is 19.8 Å². The van der Waals surface area contributed by atoms with Gasteiger partial charge in [-0.05, 0) is 77.0 Å². The smallest absolute Gasteiger partial charge is 0.306 e. The molecule has 1 N–H and O–H groups in total. The van der Waals surface area contributed by atoms with E-state index in [1.54, 1.807) is 0 Å². The molecule has 296 valence electrons. The third kappa shape index (κ3) is 42.4. The molecule has 51 heavy (non-hydrogen) atoms. The number of unbranched alkanes of at least 4 members (excludes halogenated alkanes) is 22. The zero-order chi connectivity index (χ0) is 37.0. The lowest BCUT2D eigenvalue weighted by molar-refractivity contribution is -0.154. The van der Waals surface area contributed by atoms with Gasteiger partial charge in [0.25, 0.3) is 0 Å². The van der Waals surface area contributed by atoms with E-state index in [9.17, 15) is 9.90 Å². The molecule has 4 heteroatoms. The number of rotatable bonds is 40. The zero-order valence-electron chi connectivity index (χ0n) is 33.9. The highest BCUT2D eigenvalue weighted by atomic mass is 16.6. The molecule has 0 saturated carbocycles. The van der Waals surface area contributed by atoms with Crippen LogP contribution in [0.15, 0.2) is 60.8 Å². The van der Waals surface area contributed by atoms with Crippen molar-refractivity contribution in [1.82, 2.24) is 0 Å². The van der Waals surface area contributed by atoms with E-state index in [0.29, 0.717) is 13.0 Å². The predicted molar refractivity (Wildman–Crippen MR) is 223 cm³/mol. The Bertz CT molecular complexity index is 839. The van der Waals surface area contributed by atoms with Crippen molar-refractivity contribution in [1.29, 1.82) is 0 Å². The van der Waals surface area contributed by atoms with Gasteiger partial charge in [0.2, 0.25) is 0 Å². The van der Waals surface area contributed by atoms with Gasteiger partial charge in [-0.2, -0.15) is 0 Å². The number of hydrogen-bond donors (Lipinski definition) is 1. The van der Waals surface area contributed by atoms with Crippen LogP contribution in [0.25, 0.3) is 0 Å². The minimum absolute atomic E-state index is 0.177. The van der Waals surface area contributed by atoms with E-state index in [0.717, 1.165) is 44.9 Å². The predicted octanol–water partition coefficient (Wildman–Crippen LogP) is 14.4. The van der Waals surface area contributed by atoms with Gasteiger partial charge in [-0.3, -0.25) is 4.79 Å². The number of aliphatic hydroxyl groups is 1. The van der Waals surface area contributed by atoms with Crippen LogP contribution < -0.4 is 0 Å². The first-order valence-electron chi connectivity index (χ1n) is 21.9. The summed E-state index contributed by atoms with van der Waals surface area (Å²) in [6.45, 7) is 5.22. The molecule has 1 unspecified atom stereocenters. The highest BCUT2D eigenvalue weighted by Crippen LogP contribution is 2.13. The summed E-state index contributed by atoms with van der Waals surface area (Å²) in [7, 11) is 0. The summed E-state index contributed by atoms with van der Waals surface area (Å²) in [5.41, 5.74) is 0. The second-order valence-corrected chi connectivity index (χ2v) is 14.4. The Morgan fingerprint density at radius 2 is 0.882 bits per heavy atom. The summed E-state index contributed by atoms with van der Waals surface area (Å²) in [6, 6.07) is 0. The van der Waals surface area contributed by atoms with Gasteiger partial charge < -0.3 is 14.6 Å². The van der Waals surface area contributed by atoms with Crippen LogP contribution in [0.1, 0.15) is 206 Å². The molecular formula is C47H84O4. The van der Waals surface area contributed by atoms with Crippen molar-refractivity contribution >= 4 is 5.97 Å². The Hall–Kier alpha value is -1.91. The van der Waals surface area contributed by atoms with Crippen LogP contribution in [-0.4, -0.2) is 37.0 Å². The number of carbonyl (C=O) groups excluding carboxylic acids is 1. The highest BCUT2D eigenvalue weighted by Gasteiger charge is 2.13. The van der Waals surface area contributed by atoms with Crippen molar-refractivity contribution in [3.8, 4) is 0 Å². The van der Waals surface area contributed by atoms with Crippen LogP contribution in [0.3, 0.4) is 0 Å². The monoisotopic (exact) mass is 713 g/mol. The van der Waals surface area contributed by atoms with Crippen LogP contribution >= 0.6 is 0 Å². The lowest BCUT2D eigenvalue weighted by Crippen LogP contribution is -2.27. The highest BCUT2D eigenvalue weighted by molar-refractivity contribution is 5.69. The largest absolute Gasteiger partial charge is 0.457 e. The molecule has 0 aliphatic carbocycles. The molecule has 0 fully saturated rings. The van der Waals surface area contributed by atoms with Crippen molar-refractivity contribution in [2.45, 2.75) is 213 Å². The van der Waals surface area contributed by atoms with Gasteiger partial charge in [0.05, 0.1) is 13.2 Å². The SMILES string of the molecule is CC/C=C\C/C=C\C/C=C\C/C=C\CCCCCCCCCCCCCOCC(CO)OC(=O)CCCCCCC/C=C\CCCCCCCC. The maximum absolute atomic E-state index is 12.2. The minimum atomic E-state index is -0.541. The molecule has 0 aromatic rings. The number of carbonyl (C=O) groups is 1. The Morgan fingerprint density at radius 1 is 0.490 bits per heavy atom. The molecule has 0 amide bonds. The van der Waals surface area contributed by atoms with E-state index >= 15 is 0 Å². The van der Waals surface area contributed by atoms with E-state index in [-0.39, 0.29) is 19.2 Å². The maximum Gasteiger partial charge on any atom is 0.306 e. The third-order valence-corrected chi connectivity index (χ3v) is 9.33. The summed E-state index contributed by atoms with van der Waals surface area (Å²) in [5.74, 6) is -0.211. The lowest BCUT2D eigenvalue weighted by Gasteiger charge is -2.15. The average Bonchev–Trinajstić information content (AvgIpc) is 3.14. The van der Waals surface area contributed by atoms with E-state index in [1.807, 2.05) is 0 Å². The molecule has 0 heterocycles. The van der Waals surface area contributed by atoms with Gasteiger partial charge in [0.1, 0.15) is 6.10 Å². The number of aliphatic hydroxyl groups excluding tert-OH is 1. The fourth-order valence-electron chi connectivity index (χ4n) is 6.08. The molecular weight excluding hydrogens is 629 g/mol. The summed E-state index contributed by atoms with van der Waals surface area (Å²) >= 11 is 0. The summed E-state index contributed by atoms with van der Waals surface area (Å²) in [6.07, 6.45) is 58.5. The zero-order valence-corrected chi connectivity index (χ0v) is 33.9. The van der Waals surface area contributed by atoms with Crippen LogP contribution in [-0.2, 0) is 14.3 Å². The third-order valence-electron chi connectivity index (χ3n) is 9.33. The molecule has 0 aliphatic rings. The van der Waals surface area contributed by atoms with E-state index < -0.39 is 6.10 Å². The van der Waals surface area contributed by atoms with E-state index in [2.05, 4.69) is 74.6 Å². The maximum atomic E-state index is 12.2. The van der Waals surface area contributed by atoms with Crippen LogP contribution in [0.5, 0.6) is 0 Å². The lowest BCUT2D eigenvalue weighted by atomic mass is 10.1. The molecule has 0 aromatic heterocycles. The van der Waals surface area contributed by atoms with Crippen LogP contribution in [0.2, 0.25) is 0 Å². The summed E-state index contributed by atoms with van der Waals surface area (Å²) < 4.78 is 11.2. The quantitative estimate of drug-likeness (QED) is 0.0390. The molecule has 0 rings (SSSR count). The van der Waals surface area contributed by atoms with Gasteiger partial charge in [0, 0.05) is 13.0 Å². The molecule has 0 aromatic carbocycles. The second-order valence-electron chi connectivity index (χ2n) is 14.4. The fraction of sp³-hybridized carbons (Fsp3) is 0.766. The first kappa shape index (κ1) is 49.1. The standard InChI is InChI=1S/C47H84O4/c1-3-5-7-9-11-13-15-17-19-20-21-22-23-24-25-26-27-29-31-33-35-37-39-41-43-50-45-46(44-48)51-47(49)42-40-38-36-34-32-30-28-18-16-14-12-10-8-6-4-2/h5,7,11,13,17-19,21-22,28,46,48H,3-4,6,8-10,12,14-16,20,23-27,29-45H2,1-2H3/b7-5-,13-11-,19-17-,22-21-,28-18-. The topological polar surface area (TPSA) is 55.8 Å². The van der Waals surface area contributed by atoms with Crippen LogP contribution in [0, 0.1) is 0 Å². The fourth-order valence-corrected chi connectivity index (χ4v) is 6.08. The van der Waals surface area contributed by atoms with Crippen LogP contribution in [0.4, 0.5) is 0 Å². The van der Waals surface area contributed by atoms with Crippen molar-refractivity contribution in [2.24, 2.45) is 0 Å². The molecule has 0 spiro atoms. The van der Waals surface area contributed by atoms with Crippen molar-refractivity contribution in [3.05, 3.63) is 60.8 Å². The van der Waals surface area contributed by atoms with Crippen molar-refractivity contribution < 1.29 is 19.4 Å². The Morgan fingerprint density at radius 3 is 1.35 bits per heavy atom. The normalized spacial score (nSPS) is 12.9. The van der Waals surface area contributed by atoms with Gasteiger partial charge in [-0.1, -0.05) is 184 Å². The summed E-state index contributed by atoms with van der Waals surface area (Å²) in [5, 5.41) is 9.60. The van der Waals surface area contributed by atoms with Gasteiger partial charge in [0.15, 0.2) is 0 Å².